The number of fused-ring (bicyclic) bond motifs is 1. The monoisotopic (exact) mass is 315 g/mol. The maximum atomic E-state index is 12.5. The lowest BCUT2D eigenvalue weighted by atomic mass is 10.1. The molecular formula is C17H17NO5. The minimum absolute atomic E-state index is 0. The van der Waals surface area contributed by atoms with Crippen LogP contribution in [-0.4, -0.2) is 25.5 Å². The number of methoxy groups -OCH3 is 2. The molecule has 1 aromatic heterocycles. The van der Waals surface area contributed by atoms with Crippen LogP contribution in [-0.2, 0) is 0 Å². The molecule has 4 N–H and O–H groups in total. The van der Waals surface area contributed by atoms with E-state index in [-0.39, 0.29) is 22.7 Å². The minimum atomic E-state index is -0.268. The zero-order valence-electron chi connectivity index (χ0n) is 12.8. The molecule has 0 aliphatic heterocycles. The molecule has 3 aromatic rings. The third kappa shape index (κ3) is 2.72. The van der Waals surface area contributed by atoms with Crippen LogP contribution in [0.5, 0.6) is 11.5 Å². The standard InChI is InChI=1S/C17H15NO4.H2O/c1-20-11-8-12(21-2)14-13(9-11)22-17(15(14)18)16(19)10-6-4-3-5-7-10;/h3-9H,18H2,1-2H3;1H2. The molecule has 0 atom stereocenters. The average molecular weight is 315 g/mol. The fraction of sp³-hybridized carbons (Fsp3) is 0.118. The lowest BCUT2D eigenvalue weighted by Crippen LogP contribution is -2.02. The van der Waals surface area contributed by atoms with Crippen LogP contribution in [0.1, 0.15) is 16.1 Å². The summed E-state index contributed by atoms with van der Waals surface area (Å²) in [4.78, 5) is 12.5. The van der Waals surface area contributed by atoms with Gasteiger partial charge >= 0.3 is 0 Å². The van der Waals surface area contributed by atoms with Crippen molar-refractivity contribution in [3.05, 3.63) is 53.8 Å². The Balaban J connectivity index is 0.00000192. The van der Waals surface area contributed by atoms with Crippen LogP contribution in [0.3, 0.4) is 0 Å². The molecule has 2 aromatic carbocycles. The number of rotatable bonds is 4. The van der Waals surface area contributed by atoms with Crippen LogP contribution in [0.25, 0.3) is 11.0 Å². The highest BCUT2D eigenvalue weighted by molar-refractivity contribution is 6.15. The van der Waals surface area contributed by atoms with Crippen molar-refractivity contribution in [3.63, 3.8) is 0 Å². The van der Waals surface area contributed by atoms with Gasteiger partial charge in [0.15, 0.2) is 5.76 Å². The topological polar surface area (TPSA) is 106 Å². The minimum Gasteiger partial charge on any atom is -0.496 e. The van der Waals surface area contributed by atoms with Gasteiger partial charge in [-0.2, -0.15) is 0 Å². The fourth-order valence-corrected chi connectivity index (χ4v) is 2.36. The van der Waals surface area contributed by atoms with Gasteiger partial charge in [-0.15, -0.1) is 0 Å². The third-order valence-electron chi connectivity index (χ3n) is 3.46. The Hall–Kier alpha value is -2.99. The number of benzene rings is 2. The van der Waals surface area contributed by atoms with Crippen molar-refractivity contribution in [3.8, 4) is 11.5 Å². The van der Waals surface area contributed by atoms with Crippen LogP contribution < -0.4 is 15.2 Å². The summed E-state index contributed by atoms with van der Waals surface area (Å²) in [6, 6.07) is 12.2. The third-order valence-corrected chi connectivity index (χ3v) is 3.46. The van der Waals surface area contributed by atoms with Gasteiger partial charge in [-0.25, -0.2) is 0 Å². The second kappa shape index (κ2) is 6.41. The van der Waals surface area contributed by atoms with E-state index in [0.29, 0.717) is 28.0 Å². The van der Waals surface area contributed by atoms with E-state index in [4.69, 9.17) is 19.6 Å². The molecule has 6 nitrogen and oxygen atoms in total. The van der Waals surface area contributed by atoms with E-state index in [1.807, 2.05) is 6.07 Å². The van der Waals surface area contributed by atoms with Gasteiger partial charge in [-0.3, -0.25) is 4.79 Å². The zero-order chi connectivity index (χ0) is 15.7. The number of nitrogen functional groups attached to an aromatic ring is 1. The quantitative estimate of drug-likeness (QED) is 0.744. The van der Waals surface area contributed by atoms with Crippen LogP contribution in [0, 0.1) is 0 Å². The number of carbonyl (C=O) groups excluding carboxylic acids is 1. The van der Waals surface area contributed by atoms with Crippen molar-refractivity contribution in [2.45, 2.75) is 0 Å². The highest BCUT2D eigenvalue weighted by Crippen LogP contribution is 2.39. The van der Waals surface area contributed by atoms with Crippen LogP contribution >= 0.6 is 0 Å². The van der Waals surface area contributed by atoms with Crippen molar-refractivity contribution >= 4 is 22.4 Å². The molecule has 1 heterocycles. The van der Waals surface area contributed by atoms with E-state index in [9.17, 15) is 4.79 Å². The first-order valence-corrected chi connectivity index (χ1v) is 6.69. The van der Waals surface area contributed by atoms with Crippen LogP contribution in [0.2, 0.25) is 0 Å². The van der Waals surface area contributed by atoms with E-state index in [2.05, 4.69) is 0 Å². The molecule has 0 saturated carbocycles. The van der Waals surface area contributed by atoms with Crippen molar-refractivity contribution < 1.29 is 24.2 Å². The zero-order valence-corrected chi connectivity index (χ0v) is 12.8. The van der Waals surface area contributed by atoms with Crippen molar-refractivity contribution in [1.82, 2.24) is 0 Å². The van der Waals surface area contributed by atoms with Crippen molar-refractivity contribution in [2.24, 2.45) is 0 Å². The summed E-state index contributed by atoms with van der Waals surface area (Å²) >= 11 is 0. The van der Waals surface area contributed by atoms with E-state index in [1.165, 1.54) is 7.11 Å². The molecule has 120 valence electrons. The summed E-state index contributed by atoms with van der Waals surface area (Å²) in [7, 11) is 3.07. The summed E-state index contributed by atoms with van der Waals surface area (Å²) in [6.07, 6.45) is 0. The van der Waals surface area contributed by atoms with Gasteiger partial charge in [-0.1, -0.05) is 30.3 Å². The van der Waals surface area contributed by atoms with Crippen LogP contribution in [0.4, 0.5) is 5.69 Å². The highest BCUT2D eigenvalue weighted by atomic mass is 16.5. The predicted molar refractivity (Wildman–Crippen MR) is 87.2 cm³/mol. The lowest BCUT2D eigenvalue weighted by Gasteiger charge is -2.05. The molecule has 3 rings (SSSR count). The van der Waals surface area contributed by atoms with Gasteiger partial charge in [0.2, 0.25) is 5.78 Å². The Morgan fingerprint density at radius 3 is 2.39 bits per heavy atom. The number of hydrogen-bond acceptors (Lipinski definition) is 5. The molecule has 6 heteroatoms. The molecular weight excluding hydrogens is 298 g/mol. The SMILES string of the molecule is COc1cc(OC)c2c(N)c(C(=O)c3ccccc3)oc2c1.O. The van der Waals surface area contributed by atoms with Crippen molar-refractivity contribution in [2.75, 3.05) is 20.0 Å². The first-order chi connectivity index (χ1) is 10.7. The van der Waals surface area contributed by atoms with Crippen LogP contribution in [0.15, 0.2) is 46.9 Å². The number of nitrogens with two attached hydrogens (primary N) is 1. The Bertz CT molecular complexity index is 839. The molecule has 0 spiro atoms. The smallest absolute Gasteiger partial charge is 0.230 e. The fourth-order valence-electron chi connectivity index (χ4n) is 2.36. The van der Waals surface area contributed by atoms with E-state index in [1.54, 1.807) is 43.5 Å². The van der Waals surface area contributed by atoms with E-state index < -0.39 is 0 Å². The Labute approximate surface area is 132 Å². The van der Waals surface area contributed by atoms with E-state index >= 15 is 0 Å². The second-order valence-electron chi connectivity index (χ2n) is 4.74. The average Bonchev–Trinajstić information content (AvgIpc) is 2.91. The van der Waals surface area contributed by atoms with E-state index in [0.717, 1.165) is 0 Å². The Morgan fingerprint density at radius 2 is 1.78 bits per heavy atom. The summed E-state index contributed by atoms with van der Waals surface area (Å²) < 4.78 is 16.2. The van der Waals surface area contributed by atoms with Gasteiger partial charge in [0.05, 0.1) is 25.3 Å². The Morgan fingerprint density at radius 1 is 1.09 bits per heavy atom. The first-order valence-electron chi connectivity index (χ1n) is 6.69. The molecule has 0 saturated heterocycles. The lowest BCUT2D eigenvalue weighted by molar-refractivity contribution is 0.101. The van der Waals surface area contributed by atoms with Crippen molar-refractivity contribution in [1.29, 1.82) is 0 Å². The normalized spacial score (nSPS) is 10.2. The van der Waals surface area contributed by atoms with Gasteiger partial charge in [0.1, 0.15) is 17.1 Å². The number of anilines is 1. The molecule has 0 aliphatic rings. The number of ether oxygens (including phenoxy) is 2. The molecule has 0 radical (unpaired) electrons. The summed E-state index contributed by atoms with van der Waals surface area (Å²) in [6.45, 7) is 0. The molecule has 23 heavy (non-hydrogen) atoms. The molecule has 0 amide bonds. The Kier molecular flexibility index (Phi) is 4.57. The first kappa shape index (κ1) is 16.4. The summed E-state index contributed by atoms with van der Waals surface area (Å²) in [5.41, 5.74) is 7.34. The molecule has 0 fully saturated rings. The summed E-state index contributed by atoms with van der Waals surface area (Å²) in [5.74, 6) is 0.905. The maximum absolute atomic E-state index is 12.5. The van der Waals surface area contributed by atoms with Gasteiger partial charge in [-0.05, 0) is 0 Å². The number of furan rings is 1. The highest BCUT2D eigenvalue weighted by Gasteiger charge is 2.23. The molecule has 0 aliphatic carbocycles. The predicted octanol–water partition coefficient (Wildman–Crippen LogP) is 2.44. The second-order valence-corrected chi connectivity index (χ2v) is 4.74. The van der Waals surface area contributed by atoms with Gasteiger partial charge in [0, 0.05) is 17.7 Å². The number of carbonyl (C=O) groups is 1. The number of ketones is 1. The van der Waals surface area contributed by atoms with Gasteiger partial charge in [0.25, 0.3) is 0 Å². The molecule has 0 unspecified atom stereocenters. The maximum Gasteiger partial charge on any atom is 0.230 e. The van der Waals surface area contributed by atoms with Gasteiger partial charge < -0.3 is 25.1 Å². The number of hydrogen-bond donors (Lipinski definition) is 1. The molecule has 0 bridgehead atoms. The summed E-state index contributed by atoms with van der Waals surface area (Å²) in [5, 5.41) is 0.572. The largest absolute Gasteiger partial charge is 0.496 e.